The summed E-state index contributed by atoms with van der Waals surface area (Å²) in [6.07, 6.45) is 2.06. The highest BCUT2D eigenvalue weighted by molar-refractivity contribution is 9.10. The maximum Gasteiger partial charge on any atom is 0.0408 e. The Morgan fingerprint density at radius 3 is 2.65 bits per heavy atom. The molecule has 0 heterocycles. The van der Waals surface area contributed by atoms with Gasteiger partial charge in [-0.1, -0.05) is 64.8 Å². The summed E-state index contributed by atoms with van der Waals surface area (Å²) in [5, 5.41) is 4.42. The van der Waals surface area contributed by atoms with E-state index < -0.39 is 0 Å². The van der Waals surface area contributed by atoms with E-state index >= 15 is 0 Å². The molecule has 0 aliphatic carbocycles. The minimum atomic E-state index is 0.295. The average Bonchev–Trinajstić information content (AvgIpc) is 2.44. The highest BCUT2D eigenvalue weighted by atomic mass is 79.9. The van der Waals surface area contributed by atoms with Crippen LogP contribution in [0.5, 0.6) is 0 Å². The molecule has 0 aliphatic heterocycles. The van der Waals surface area contributed by atoms with Crippen molar-refractivity contribution < 1.29 is 0 Å². The first-order valence-electron chi connectivity index (χ1n) is 6.93. The van der Waals surface area contributed by atoms with Gasteiger partial charge in [0, 0.05) is 15.5 Å². The molecule has 3 heteroatoms. The SMILES string of the molecule is CCCNC(Cc1cccc(Cl)c1)c1ccccc1Br. The molecule has 0 aromatic heterocycles. The zero-order valence-corrected chi connectivity index (χ0v) is 13.9. The van der Waals surface area contributed by atoms with Crippen LogP contribution >= 0.6 is 27.5 Å². The van der Waals surface area contributed by atoms with Gasteiger partial charge < -0.3 is 5.32 Å². The van der Waals surface area contributed by atoms with Gasteiger partial charge in [-0.2, -0.15) is 0 Å². The van der Waals surface area contributed by atoms with Gasteiger partial charge in [-0.15, -0.1) is 0 Å². The van der Waals surface area contributed by atoms with E-state index in [0.717, 1.165) is 28.9 Å². The number of nitrogens with one attached hydrogen (secondary N) is 1. The van der Waals surface area contributed by atoms with E-state index in [9.17, 15) is 0 Å². The second-order valence-corrected chi connectivity index (χ2v) is 6.15. The van der Waals surface area contributed by atoms with Crippen LogP contribution in [0.4, 0.5) is 0 Å². The van der Waals surface area contributed by atoms with Crippen LogP contribution < -0.4 is 5.32 Å². The van der Waals surface area contributed by atoms with Gasteiger partial charge in [0.2, 0.25) is 0 Å². The standard InChI is InChI=1S/C17H19BrClN/c1-2-10-20-17(15-8-3-4-9-16(15)18)12-13-6-5-7-14(19)11-13/h3-9,11,17,20H,2,10,12H2,1H3. The number of hydrogen-bond donors (Lipinski definition) is 1. The maximum atomic E-state index is 6.08. The molecule has 0 aliphatic rings. The summed E-state index contributed by atoms with van der Waals surface area (Å²) in [6, 6.07) is 16.8. The van der Waals surface area contributed by atoms with Crippen molar-refractivity contribution in [2.75, 3.05) is 6.54 Å². The quantitative estimate of drug-likeness (QED) is 0.735. The van der Waals surface area contributed by atoms with E-state index in [1.165, 1.54) is 11.1 Å². The lowest BCUT2D eigenvalue weighted by Gasteiger charge is -2.20. The van der Waals surface area contributed by atoms with Gasteiger partial charge in [0.15, 0.2) is 0 Å². The molecule has 0 spiro atoms. The fraction of sp³-hybridized carbons (Fsp3) is 0.294. The number of rotatable bonds is 6. The summed E-state index contributed by atoms with van der Waals surface area (Å²) >= 11 is 9.73. The molecule has 106 valence electrons. The third kappa shape index (κ3) is 4.34. The third-order valence-corrected chi connectivity index (χ3v) is 4.21. The molecule has 1 nitrogen and oxygen atoms in total. The highest BCUT2D eigenvalue weighted by Gasteiger charge is 2.14. The average molecular weight is 353 g/mol. The fourth-order valence-electron chi connectivity index (χ4n) is 2.27. The molecule has 20 heavy (non-hydrogen) atoms. The Balaban J connectivity index is 2.22. The zero-order chi connectivity index (χ0) is 14.4. The summed E-state index contributed by atoms with van der Waals surface area (Å²) in [6.45, 7) is 3.19. The summed E-state index contributed by atoms with van der Waals surface area (Å²) < 4.78 is 1.15. The van der Waals surface area contributed by atoms with Crippen LogP contribution in [0, 0.1) is 0 Å². The topological polar surface area (TPSA) is 12.0 Å². The second kappa shape index (κ2) is 7.82. The van der Waals surface area contributed by atoms with Crippen LogP contribution in [0.1, 0.15) is 30.5 Å². The lowest BCUT2D eigenvalue weighted by molar-refractivity contribution is 0.527. The highest BCUT2D eigenvalue weighted by Crippen LogP contribution is 2.26. The van der Waals surface area contributed by atoms with Gasteiger partial charge in [0.1, 0.15) is 0 Å². The summed E-state index contributed by atoms with van der Waals surface area (Å²) in [7, 11) is 0. The first kappa shape index (κ1) is 15.6. The molecule has 0 radical (unpaired) electrons. The fourth-order valence-corrected chi connectivity index (χ4v) is 3.04. The normalized spacial score (nSPS) is 12.3. The molecule has 2 aromatic carbocycles. The van der Waals surface area contributed by atoms with Crippen LogP contribution in [-0.2, 0) is 6.42 Å². The van der Waals surface area contributed by atoms with E-state index in [2.05, 4.69) is 52.4 Å². The lowest BCUT2D eigenvalue weighted by atomic mass is 9.99. The Bertz CT molecular complexity index is 556. The molecule has 0 saturated carbocycles. The van der Waals surface area contributed by atoms with Crippen molar-refractivity contribution in [2.45, 2.75) is 25.8 Å². The van der Waals surface area contributed by atoms with Gasteiger partial charge in [0.25, 0.3) is 0 Å². The van der Waals surface area contributed by atoms with E-state index in [1.807, 2.05) is 24.3 Å². The number of benzene rings is 2. The second-order valence-electron chi connectivity index (χ2n) is 4.86. The van der Waals surface area contributed by atoms with Crippen LogP contribution in [0.2, 0.25) is 5.02 Å². The van der Waals surface area contributed by atoms with Crippen molar-refractivity contribution in [3.8, 4) is 0 Å². The lowest BCUT2D eigenvalue weighted by Crippen LogP contribution is -2.24. The molecule has 0 amide bonds. The molecule has 1 atom stereocenters. The molecule has 2 rings (SSSR count). The maximum absolute atomic E-state index is 6.08. The van der Waals surface area contributed by atoms with Crippen LogP contribution in [0.25, 0.3) is 0 Å². The Labute approximate surface area is 134 Å². The molecule has 1 N–H and O–H groups in total. The summed E-state index contributed by atoms with van der Waals surface area (Å²) in [5.41, 5.74) is 2.54. The van der Waals surface area contributed by atoms with Crippen LogP contribution in [0.15, 0.2) is 53.0 Å². The monoisotopic (exact) mass is 351 g/mol. The molecular formula is C17H19BrClN. The van der Waals surface area contributed by atoms with Gasteiger partial charge >= 0.3 is 0 Å². The Morgan fingerprint density at radius 1 is 1.15 bits per heavy atom. The number of halogens is 2. The predicted octanol–water partition coefficient (Wildman–Crippen LogP) is 5.39. The Morgan fingerprint density at radius 2 is 1.95 bits per heavy atom. The van der Waals surface area contributed by atoms with Crippen molar-refractivity contribution in [2.24, 2.45) is 0 Å². The van der Waals surface area contributed by atoms with Crippen molar-refractivity contribution in [3.63, 3.8) is 0 Å². The van der Waals surface area contributed by atoms with Crippen molar-refractivity contribution in [3.05, 3.63) is 69.2 Å². The van der Waals surface area contributed by atoms with E-state index in [0.29, 0.717) is 6.04 Å². The molecule has 0 saturated heterocycles. The summed E-state index contributed by atoms with van der Waals surface area (Å²) in [5.74, 6) is 0. The van der Waals surface area contributed by atoms with Gasteiger partial charge in [-0.3, -0.25) is 0 Å². The van der Waals surface area contributed by atoms with Gasteiger partial charge in [-0.05, 0) is 48.7 Å². The molecular weight excluding hydrogens is 334 g/mol. The largest absolute Gasteiger partial charge is 0.310 e. The van der Waals surface area contributed by atoms with Crippen molar-refractivity contribution in [1.82, 2.24) is 5.32 Å². The Hall–Kier alpha value is -0.830. The molecule has 1 unspecified atom stereocenters. The number of hydrogen-bond acceptors (Lipinski definition) is 1. The van der Waals surface area contributed by atoms with E-state index in [1.54, 1.807) is 0 Å². The van der Waals surface area contributed by atoms with Gasteiger partial charge in [0.05, 0.1) is 0 Å². The van der Waals surface area contributed by atoms with E-state index in [-0.39, 0.29) is 0 Å². The molecule has 0 fully saturated rings. The van der Waals surface area contributed by atoms with Gasteiger partial charge in [-0.25, -0.2) is 0 Å². The van der Waals surface area contributed by atoms with Crippen LogP contribution in [0.3, 0.4) is 0 Å². The predicted molar refractivity (Wildman–Crippen MR) is 90.3 cm³/mol. The zero-order valence-electron chi connectivity index (χ0n) is 11.6. The molecule has 2 aromatic rings. The third-order valence-electron chi connectivity index (χ3n) is 3.25. The van der Waals surface area contributed by atoms with E-state index in [4.69, 9.17) is 11.6 Å². The first-order chi connectivity index (χ1) is 9.70. The first-order valence-corrected chi connectivity index (χ1v) is 8.10. The smallest absolute Gasteiger partial charge is 0.0408 e. The molecule has 0 bridgehead atoms. The minimum absolute atomic E-state index is 0.295. The minimum Gasteiger partial charge on any atom is -0.310 e. The Kier molecular flexibility index (Phi) is 6.08. The van der Waals surface area contributed by atoms with Crippen molar-refractivity contribution >= 4 is 27.5 Å². The van der Waals surface area contributed by atoms with Crippen molar-refractivity contribution in [1.29, 1.82) is 0 Å². The van der Waals surface area contributed by atoms with Crippen LogP contribution in [-0.4, -0.2) is 6.54 Å². The summed E-state index contributed by atoms with van der Waals surface area (Å²) in [4.78, 5) is 0.